The van der Waals surface area contributed by atoms with Crippen molar-refractivity contribution < 1.29 is 13.6 Å². The molecule has 0 saturated carbocycles. The minimum absolute atomic E-state index is 0.0969. The number of thiophene rings is 1. The molecule has 1 amide bonds. The molecule has 35 heavy (non-hydrogen) atoms. The average Bonchev–Trinajstić information content (AvgIpc) is 3.23. The molecule has 5 rings (SSSR count). The van der Waals surface area contributed by atoms with Crippen molar-refractivity contribution in [2.24, 2.45) is 0 Å². The molecule has 0 aliphatic rings. The molecule has 0 aliphatic heterocycles. The first-order valence-corrected chi connectivity index (χ1v) is 11.4. The summed E-state index contributed by atoms with van der Waals surface area (Å²) in [5.41, 5.74) is 0.337. The predicted molar refractivity (Wildman–Crippen MR) is 131 cm³/mol. The number of nitrogens with zero attached hydrogens (tertiary/aromatic N) is 3. The van der Waals surface area contributed by atoms with E-state index in [0.717, 1.165) is 15.9 Å². The monoisotopic (exact) mass is 492 g/mol. The molecular weight excluding hydrogens is 474 g/mol. The standard InChI is InChI=1S/C25H18F2N4O3S/c1-14-4-9-17(11-19(14)27)29-20(32)13-30-21-18-3-2-10-28-23(18)35-22(21)24(33)31(25(30)34)12-15-5-7-16(26)8-6-15/h2-11H,12-13H2,1H3,(H,29,32). The lowest BCUT2D eigenvalue weighted by Gasteiger charge is -2.13. The van der Waals surface area contributed by atoms with E-state index in [2.05, 4.69) is 10.3 Å². The van der Waals surface area contributed by atoms with Crippen LogP contribution in [0.25, 0.3) is 20.4 Å². The second kappa shape index (κ2) is 8.88. The van der Waals surface area contributed by atoms with E-state index in [0.29, 0.717) is 26.9 Å². The van der Waals surface area contributed by atoms with Gasteiger partial charge in [-0.3, -0.25) is 18.7 Å². The molecule has 0 fully saturated rings. The van der Waals surface area contributed by atoms with Gasteiger partial charge in [0, 0.05) is 17.3 Å². The molecule has 3 aromatic heterocycles. The van der Waals surface area contributed by atoms with Gasteiger partial charge in [-0.25, -0.2) is 18.6 Å². The van der Waals surface area contributed by atoms with Gasteiger partial charge in [0.1, 0.15) is 27.7 Å². The average molecular weight is 493 g/mol. The number of rotatable bonds is 5. The van der Waals surface area contributed by atoms with Crippen molar-refractivity contribution in [1.82, 2.24) is 14.1 Å². The van der Waals surface area contributed by atoms with E-state index in [1.165, 1.54) is 41.0 Å². The maximum absolute atomic E-state index is 13.9. The summed E-state index contributed by atoms with van der Waals surface area (Å²) < 4.78 is 29.8. The molecule has 3 heterocycles. The molecule has 0 atom stereocenters. The lowest BCUT2D eigenvalue weighted by Crippen LogP contribution is -2.41. The SMILES string of the molecule is Cc1ccc(NC(=O)Cn2c(=O)n(Cc3ccc(F)cc3)c(=O)c3sc4ncccc4c32)cc1F. The fourth-order valence-electron chi connectivity index (χ4n) is 3.86. The lowest BCUT2D eigenvalue weighted by molar-refractivity contribution is -0.116. The number of amides is 1. The molecule has 0 aliphatic carbocycles. The molecule has 10 heteroatoms. The number of aromatic nitrogens is 3. The molecule has 176 valence electrons. The van der Waals surface area contributed by atoms with E-state index < -0.39 is 35.3 Å². The zero-order chi connectivity index (χ0) is 24.7. The highest BCUT2D eigenvalue weighted by Crippen LogP contribution is 2.29. The van der Waals surface area contributed by atoms with E-state index in [-0.39, 0.29) is 16.9 Å². The van der Waals surface area contributed by atoms with E-state index >= 15 is 0 Å². The van der Waals surface area contributed by atoms with Crippen molar-refractivity contribution in [1.29, 1.82) is 0 Å². The summed E-state index contributed by atoms with van der Waals surface area (Å²) in [5, 5.41) is 3.17. The number of carbonyl (C=O) groups excluding carboxylic acids is 1. The van der Waals surface area contributed by atoms with Gasteiger partial charge in [-0.2, -0.15) is 0 Å². The number of benzene rings is 2. The summed E-state index contributed by atoms with van der Waals surface area (Å²) >= 11 is 1.13. The Balaban J connectivity index is 1.63. The quantitative estimate of drug-likeness (QED) is 0.401. The Bertz CT molecular complexity index is 1720. The van der Waals surface area contributed by atoms with Crippen LogP contribution in [0, 0.1) is 18.6 Å². The van der Waals surface area contributed by atoms with Gasteiger partial charge in [0.05, 0.1) is 12.1 Å². The first-order chi connectivity index (χ1) is 16.8. The van der Waals surface area contributed by atoms with Crippen LogP contribution in [0.4, 0.5) is 14.5 Å². The number of aryl methyl sites for hydroxylation is 1. The molecular formula is C25H18F2N4O3S. The van der Waals surface area contributed by atoms with Crippen molar-refractivity contribution in [2.75, 3.05) is 5.32 Å². The van der Waals surface area contributed by atoms with Gasteiger partial charge < -0.3 is 5.32 Å². The maximum atomic E-state index is 13.9. The third-order valence-electron chi connectivity index (χ3n) is 5.62. The maximum Gasteiger partial charge on any atom is 0.332 e. The van der Waals surface area contributed by atoms with Gasteiger partial charge in [0.15, 0.2) is 0 Å². The van der Waals surface area contributed by atoms with E-state index in [9.17, 15) is 23.2 Å². The van der Waals surface area contributed by atoms with E-state index in [1.54, 1.807) is 31.3 Å². The zero-order valence-electron chi connectivity index (χ0n) is 18.4. The number of hydrogen-bond acceptors (Lipinski definition) is 5. The van der Waals surface area contributed by atoms with Gasteiger partial charge in [0.25, 0.3) is 5.56 Å². The Labute approximate surface area is 200 Å². The highest BCUT2D eigenvalue weighted by atomic mass is 32.1. The summed E-state index contributed by atoms with van der Waals surface area (Å²) in [6.07, 6.45) is 1.58. The molecule has 0 spiro atoms. The van der Waals surface area contributed by atoms with Crippen molar-refractivity contribution in [3.8, 4) is 0 Å². The second-order valence-corrected chi connectivity index (χ2v) is 9.03. The van der Waals surface area contributed by atoms with Crippen LogP contribution in [0.5, 0.6) is 0 Å². The van der Waals surface area contributed by atoms with Crippen LogP contribution in [-0.2, 0) is 17.9 Å². The smallest absolute Gasteiger partial charge is 0.324 e. The lowest BCUT2D eigenvalue weighted by atomic mass is 10.2. The molecule has 5 aromatic rings. The van der Waals surface area contributed by atoms with Crippen LogP contribution in [-0.4, -0.2) is 20.0 Å². The molecule has 1 N–H and O–H groups in total. The molecule has 7 nitrogen and oxygen atoms in total. The van der Waals surface area contributed by atoms with Gasteiger partial charge >= 0.3 is 5.69 Å². The Hall–Kier alpha value is -4.18. The van der Waals surface area contributed by atoms with Gasteiger partial charge in [-0.05, 0) is 54.4 Å². The summed E-state index contributed by atoms with van der Waals surface area (Å²) in [4.78, 5) is 44.5. The number of nitrogens with one attached hydrogen (secondary N) is 1. The number of pyridine rings is 1. The number of fused-ring (bicyclic) bond motifs is 3. The third-order valence-corrected chi connectivity index (χ3v) is 6.71. The number of hydrogen-bond donors (Lipinski definition) is 1. The van der Waals surface area contributed by atoms with Gasteiger partial charge in [-0.1, -0.05) is 18.2 Å². The first kappa shape index (κ1) is 22.6. The zero-order valence-corrected chi connectivity index (χ0v) is 19.2. The van der Waals surface area contributed by atoms with E-state index in [4.69, 9.17) is 0 Å². The second-order valence-electron chi connectivity index (χ2n) is 8.03. The highest BCUT2D eigenvalue weighted by Gasteiger charge is 2.20. The molecule has 0 radical (unpaired) electrons. The topological polar surface area (TPSA) is 86.0 Å². The minimum Gasteiger partial charge on any atom is -0.324 e. The van der Waals surface area contributed by atoms with Crippen LogP contribution < -0.4 is 16.6 Å². The van der Waals surface area contributed by atoms with Gasteiger partial charge in [0.2, 0.25) is 5.91 Å². The predicted octanol–water partition coefficient (Wildman–Crippen LogP) is 4.05. The van der Waals surface area contributed by atoms with Crippen molar-refractivity contribution in [2.45, 2.75) is 20.0 Å². The summed E-state index contributed by atoms with van der Waals surface area (Å²) in [7, 11) is 0. The normalized spacial score (nSPS) is 11.3. The summed E-state index contributed by atoms with van der Waals surface area (Å²) in [6, 6.07) is 13.2. The number of carbonyl (C=O) groups is 1. The highest BCUT2D eigenvalue weighted by molar-refractivity contribution is 7.25. The van der Waals surface area contributed by atoms with Crippen LogP contribution in [0.3, 0.4) is 0 Å². The Kier molecular flexibility index (Phi) is 5.73. The minimum atomic E-state index is -0.694. The van der Waals surface area contributed by atoms with Crippen molar-refractivity contribution in [3.05, 3.63) is 104 Å². The number of anilines is 1. The van der Waals surface area contributed by atoms with Crippen LogP contribution in [0.15, 0.2) is 70.4 Å². The Morgan fingerprint density at radius 3 is 2.57 bits per heavy atom. The van der Waals surface area contributed by atoms with Crippen LogP contribution >= 0.6 is 11.3 Å². The van der Waals surface area contributed by atoms with Crippen molar-refractivity contribution >= 4 is 43.4 Å². The first-order valence-electron chi connectivity index (χ1n) is 10.6. The fraction of sp³-hybridized carbons (Fsp3) is 0.120. The summed E-state index contributed by atoms with van der Waals surface area (Å²) in [6.45, 7) is 1.10. The Morgan fingerprint density at radius 1 is 1.06 bits per heavy atom. The summed E-state index contributed by atoms with van der Waals surface area (Å²) in [5.74, 6) is -1.47. The van der Waals surface area contributed by atoms with E-state index in [1.807, 2.05) is 0 Å². The number of halogens is 2. The molecule has 2 aromatic carbocycles. The van der Waals surface area contributed by atoms with Crippen molar-refractivity contribution in [3.63, 3.8) is 0 Å². The van der Waals surface area contributed by atoms with Crippen LogP contribution in [0.1, 0.15) is 11.1 Å². The third kappa shape index (κ3) is 4.24. The Morgan fingerprint density at radius 2 is 1.83 bits per heavy atom. The fourth-order valence-corrected chi connectivity index (χ4v) is 4.95. The molecule has 0 unspecified atom stereocenters. The molecule has 0 saturated heterocycles. The molecule has 0 bridgehead atoms. The largest absolute Gasteiger partial charge is 0.332 e. The van der Waals surface area contributed by atoms with Gasteiger partial charge in [-0.15, -0.1) is 11.3 Å². The van der Waals surface area contributed by atoms with Crippen LogP contribution in [0.2, 0.25) is 0 Å².